The van der Waals surface area contributed by atoms with Gasteiger partial charge in [0, 0.05) is 12.2 Å². The molecule has 106 valence electrons. The van der Waals surface area contributed by atoms with Crippen molar-refractivity contribution in [3.8, 4) is 0 Å². The molecule has 0 amide bonds. The molecule has 1 rings (SSSR count). The van der Waals surface area contributed by atoms with Crippen LogP contribution in [0.3, 0.4) is 0 Å². The van der Waals surface area contributed by atoms with E-state index in [0.29, 0.717) is 5.41 Å². The summed E-state index contributed by atoms with van der Waals surface area (Å²) in [6.45, 7) is 16.6. The number of rotatable bonds is 3. The molecule has 0 aromatic carbocycles. The Morgan fingerprint density at radius 2 is 1.89 bits per heavy atom. The molecule has 0 fully saturated rings. The van der Waals surface area contributed by atoms with Crippen LogP contribution in [-0.4, -0.2) is 6.54 Å². The third-order valence-corrected chi connectivity index (χ3v) is 3.32. The highest BCUT2D eigenvalue weighted by Crippen LogP contribution is 2.37. The van der Waals surface area contributed by atoms with Gasteiger partial charge in [-0.2, -0.15) is 0 Å². The highest BCUT2D eigenvalue weighted by atomic mass is 14.9. The molecule has 1 heterocycles. The molecule has 0 spiro atoms. The van der Waals surface area contributed by atoms with E-state index in [2.05, 4.69) is 52.1 Å². The summed E-state index contributed by atoms with van der Waals surface area (Å²) in [5.41, 5.74) is 3.30. The molecule has 0 unspecified atom stereocenters. The Hall–Kier alpha value is -0.720. The maximum absolute atomic E-state index is 3.63. The minimum atomic E-state index is 0.320. The molecule has 1 heteroatoms. The fourth-order valence-electron chi connectivity index (χ4n) is 2.49. The van der Waals surface area contributed by atoms with E-state index in [9.17, 15) is 0 Å². The molecule has 0 saturated carbocycles. The van der Waals surface area contributed by atoms with Crippen LogP contribution in [0.2, 0.25) is 0 Å². The Kier molecular flexibility index (Phi) is 8.06. The molecule has 1 aliphatic rings. The summed E-state index contributed by atoms with van der Waals surface area (Å²) in [4.78, 5) is 0. The van der Waals surface area contributed by atoms with Crippen molar-refractivity contribution in [3.05, 3.63) is 23.4 Å². The molecule has 18 heavy (non-hydrogen) atoms. The van der Waals surface area contributed by atoms with Crippen LogP contribution in [0.5, 0.6) is 0 Å². The molecule has 0 radical (unpaired) electrons. The lowest BCUT2D eigenvalue weighted by atomic mass is 9.78. The van der Waals surface area contributed by atoms with E-state index in [0.717, 1.165) is 12.5 Å². The van der Waals surface area contributed by atoms with E-state index >= 15 is 0 Å². The highest BCUT2D eigenvalue weighted by Gasteiger charge is 2.26. The second-order valence-electron chi connectivity index (χ2n) is 5.90. The van der Waals surface area contributed by atoms with Gasteiger partial charge in [0.05, 0.1) is 0 Å². The van der Waals surface area contributed by atoms with E-state index in [4.69, 9.17) is 0 Å². The van der Waals surface area contributed by atoms with E-state index in [1.165, 1.54) is 30.5 Å². The summed E-state index contributed by atoms with van der Waals surface area (Å²) in [5.74, 6) is 0.719. The fraction of sp³-hybridized carbons (Fsp3) is 0.765. The average Bonchev–Trinajstić information content (AvgIpc) is 2.44. The molecule has 0 aromatic rings. The summed E-state index contributed by atoms with van der Waals surface area (Å²) in [7, 11) is 0. The molecule has 0 aliphatic carbocycles. The standard InChI is InChI=1S/C15H27N.C2H6/c1-6-8-13-14(11-12(2)3)16-10-7-9-15(13,4)5;1-2/h6,8,12,16H,7,9-11H2,1-5H3;1-2H3/b8-6-;. The maximum Gasteiger partial charge on any atom is 0.0147 e. The minimum absolute atomic E-state index is 0.320. The smallest absolute Gasteiger partial charge is 0.0147 e. The Balaban J connectivity index is 0.00000137. The van der Waals surface area contributed by atoms with Crippen molar-refractivity contribution in [2.75, 3.05) is 6.54 Å². The third-order valence-electron chi connectivity index (χ3n) is 3.32. The van der Waals surface area contributed by atoms with E-state index < -0.39 is 0 Å². The van der Waals surface area contributed by atoms with E-state index in [1.54, 1.807) is 0 Å². The zero-order valence-corrected chi connectivity index (χ0v) is 13.6. The van der Waals surface area contributed by atoms with Gasteiger partial charge in [-0.05, 0) is 43.1 Å². The summed E-state index contributed by atoms with van der Waals surface area (Å²) in [6, 6.07) is 0. The fourth-order valence-corrected chi connectivity index (χ4v) is 2.49. The molecule has 1 N–H and O–H groups in total. The normalized spacial score (nSPS) is 19.3. The van der Waals surface area contributed by atoms with E-state index in [-0.39, 0.29) is 0 Å². The van der Waals surface area contributed by atoms with Crippen LogP contribution < -0.4 is 5.32 Å². The molecular formula is C17H33N. The zero-order valence-electron chi connectivity index (χ0n) is 13.6. The van der Waals surface area contributed by atoms with Crippen molar-refractivity contribution in [1.82, 2.24) is 5.32 Å². The van der Waals surface area contributed by atoms with Gasteiger partial charge in [0.15, 0.2) is 0 Å². The van der Waals surface area contributed by atoms with Crippen LogP contribution in [0.1, 0.15) is 67.7 Å². The number of allylic oxidation sites excluding steroid dienone is 4. The van der Waals surface area contributed by atoms with Crippen molar-refractivity contribution in [2.45, 2.75) is 67.7 Å². The largest absolute Gasteiger partial charge is 0.388 e. The van der Waals surface area contributed by atoms with Gasteiger partial charge in [-0.3, -0.25) is 0 Å². The molecule has 1 aliphatic heterocycles. The molecule has 0 aromatic heterocycles. The van der Waals surface area contributed by atoms with Crippen molar-refractivity contribution in [2.24, 2.45) is 11.3 Å². The van der Waals surface area contributed by atoms with Crippen molar-refractivity contribution in [1.29, 1.82) is 0 Å². The van der Waals surface area contributed by atoms with Crippen LogP contribution >= 0.6 is 0 Å². The predicted molar refractivity (Wildman–Crippen MR) is 83.7 cm³/mol. The summed E-state index contributed by atoms with van der Waals surface area (Å²) in [5, 5.41) is 3.63. The minimum Gasteiger partial charge on any atom is -0.388 e. The van der Waals surface area contributed by atoms with Crippen LogP contribution in [-0.2, 0) is 0 Å². The zero-order chi connectivity index (χ0) is 14.2. The van der Waals surface area contributed by atoms with E-state index in [1.807, 2.05) is 13.8 Å². The first-order valence-corrected chi connectivity index (χ1v) is 7.57. The Morgan fingerprint density at radius 3 is 2.39 bits per heavy atom. The molecule has 0 bridgehead atoms. The highest BCUT2D eigenvalue weighted by molar-refractivity contribution is 5.31. The lowest BCUT2D eigenvalue weighted by Crippen LogP contribution is -2.18. The van der Waals surface area contributed by atoms with Gasteiger partial charge in [0.25, 0.3) is 0 Å². The van der Waals surface area contributed by atoms with Crippen LogP contribution in [0, 0.1) is 11.3 Å². The lowest BCUT2D eigenvalue weighted by Gasteiger charge is -2.27. The summed E-state index contributed by atoms with van der Waals surface area (Å²) >= 11 is 0. The van der Waals surface area contributed by atoms with Crippen LogP contribution in [0.15, 0.2) is 23.4 Å². The van der Waals surface area contributed by atoms with Gasteiger partial charge >= 0.3 is 0 Å². The Labute approximate surface area is 115 Å². The Bertz CT molecular complexity index is 282. The molecule has 0 atom stereocenters. The first-order valence-electron chi connectivity index (χ1n) is 7.57. The SMILES string of the molecule is C/C=C\C1=C(CC(C)C)NCCCC1(C)C.CC. The first kappa shape index (κ1) is 17.3. The van der Waals surface area contributed by atoms with Gasteiger partial charge in [-0.1, -0.05) is 53.7 Å². The second-order valence-corrected chi connectivity index (χ2v) is 5.90. The van der Waals surface area contributed by atoms with Crippen LogP contribution in [0.25, 0.3) is 0 Å². The van der Waals surface area contributed by atoms with Crippen molar-refractivity contribution in [3.63, 3.8) is 0 Å². The predicted octanol–water partition coefficient (Wildman–Crippen LogP) is 5.30. The van der Waals surface area contributed by atoms with Gasteiger partial charge in [-0.15, -0.1) is 0 Å². The van der Waals surface area contributed by atoms with Gasteiger partial charge < -0.3 is 5.32 Å². The first-order chi connectivity index (χ1) is 8.47. The summed E-state index contributed by atoms with van der Waals surface area (Å²) < 4.78 is 0. The van der Waals surface area contributed by atoms with Crippen molar-refractivity contribution >= 4 is 0 Å². The Morgan fingerprint density at radius 1 is 1.28 bits per heavy atom. The monoisotopic (exact) mass is 251 g/mol. The topological polar surface area (TPSA) is 12.0 Å². The molecule has 1 nitrogen and oxygen atoms in total. The van der Waals surface area contributed by atoms with Gasteiger partial charge in [0.2, 0.25) is 0 Å². The number of hydrogen-bond acceptors (Lipinski definition) is 1. The average molecular weight is 251 g/mol. The second kappa shape index (κ2) is 8.39. The molecule has 0 saturated heterocycles. The third kappa shape index (κ3) is 5.29. The number of hydrogen-bond donors (Lipinski definition) is 1. The quantitative estimate of drug-likeness (QED) is 0.718. The van der Waals surface area contributed by atoms with Gasteiger partial charge in [0.1, 0.15) is 0 Å². The van der Waals surface area contributed by atoms with Crippen molar-refractivity contribution < 1.29 is 0 Å². The number of nitrogens with one attached hydrogen (secondary N) is 1. The maximum atomic E-state index is 3.63. The van der Waals surface area contributed by atoms with Gasteiger partial charge in [-0.25, -0.2) is 0 Å². The van der Waals surface area contributed by atoms with Crippen LogP contribution in [0.4, 0.5) is 0 Å². The lowest BCUT2D eigenvalue weighted by molar-refractivity contribution is 0.411. The molecular weight excluding hydrogens is 218 g/mol. The summed E-state index contributed by atoms with van der Waals surface area (Å²) in [6.07, 6.45) is 8.19.